The predicted octanol–water partition coefficient (Wildman–Crippen LogP) is 11.3. The van der Waals surface area contributed by atoms with Crippen molar-refractivity contribution in [2.75, 3.05) is 9.80 Å². The molecule has 0 bridgehead atoms. The molecule has 15 heteroatoms. The van der Waals surface area contributed by atoms with Crippen LogP contribution in [-0.4, -0.2) is 29.4 Å². The van der Waals surface area contributed by atoms with E-state index in [4.69, 9.17) is 0 Å². The molecule has 0 radical (unpaired) electrons. The van der Waals surface area contributed by atoms with E-state index in [2.05, 4.69) is 127 Å². The van der Waals surface area contributed by atoms with Crippen LogP contribution in [0.4, 0.5) is 11.4 Å². The van der Waals surface area contributed by atoms with E-state index in [1.807, 2.05) is 0 Å². The van der Waals surface area contributed by atoms with Crippen molar-refractivity contribution in [1.29, 1.82) is 0 Å². The van der Waals surface area contributed by atoms with E-state index in [9.17, 15) is 24.0 Å². The van der Waals surface area contributed by atoms with Gasteiger partial charge in [-0.3, -0.25) is 24.0 Å². The molecule has 2 aliphatic heterocycles. The highest BCUT2D eigenvalue weighted by molar-refractivity contribution is 9.15. The van der Waals surface area contributed by atoms with Crippen molar-refractivity contribution in [1.82, 2.24) is 0 Å². The molecule has 4 aromatic carbocycles. The lowest BCUT2D eigenvalue weighted by Gasteiger charge is -2.15. The van der Waals surface area contributed by atoms with Gasteiger partial charge in [0.25, 0.3) is 23.6 Å². The van der Waals surface area contributed by atoms with Crippen molar-refractivity contribution in [3.63, 3.8) is 0 Å². The second-order valence-electron chi connectivity index (χ2n) is 9.75. The number of imide groups is 2. The van der Waals surface area contributed by atoms with Crippen LogP contribution in [0.3, 0.4) is 0 Å². The number of benzene rings is 4. The fourth-order valence-electron chi connectivity index (χ4n) is 5.00. The number of fused-ring (bicyclic) bond motifs is 2. The highest BCUT2D eigenvalue weighted by Gasteiger charge is 2.43. The van der Waals surface area contributed by atoms with Gasteiger partial charge < -0.3 is 0 Å². The summed E-state index contributed by atoms with van der Waals surface area (Å²) >= 11 is 27.4. The molecular weight excluding hydrogens is 1120 g/mol. The van der Waals surface area contributed by atoms with Crippen molar-refractivity contribution in [3.8, 4) is 0 Å². The Kier molecular flexibility index (Phi) is 9.71. The average molecular weight is 1130 g/mol. The second kappa shape index (κ2) is 13.0. The minimum Gasteiger partial charge on any atom is -0.289 e. The fraction of sp³-hybridized carbons (Fsp3) is 0. The number of nitrogens with zero attached hydrogens (tertiary/aromatic N) is 2. The number of hydrogen-bond donors (Lipinski definition) is 0. The van der Waals surface area contributed by atoms with Crippen molar-refractivity contribution >= 4 is 174 Å². The van der Waals surface area contributed by atoms with E-state index in [1.54, 1.807) is 48.5 Å². The average Bonchev–Trinajstić information content (AvgIpc) is 3.47. The maximum Gasteiger partial charge on any atom is 0.267 e. The second-order valence-corrected chi connectivity index (χ2v) is 16.1. The van der Waals surface area contributed by atoms with Crippen LogP contribution in [0, 0.1) is 0 Å². The Labute approximate surface area is 328 Å². The maximum atomic E-state index is 13.4. The van der Waals surface area contributed by atoms with Gasteiger partial charge in [-0.1, -0.05) is 30.3 Å². The summed E-state index contributed by atoms with van der Waals surface area (Å²) in [6.45, 7) is 0. The van der Waals surface area contributed by atoms with Gasteiger partial charge in [0.15, 0.2) is 5.78 Å². The van der Waals surface area contributed by atoms with E-state index in [0.29, 0.717) is 47.0 Å². The molecule has 0 aliphatic carbocycles. The number of hydrogen-bond acceptors (Lipinski definition) is 5. The van der Waals surface area contributed by atoms with Crippen molar-refractivity contribution in [2.45, 2.75) is 0 Å². The molecule has 0 atom stereocenters. The summed E-state index contributed by atoms with van der Waals surface area (Å²) < 4.78 is 4.08. The number of amides is 4. The zero-order chi connectivity index (χ0) is 33.4. The summed E-state index contributed by atoms with van der Waals surface area (Å²) in [5, 5.41) is 0. The van der Waals surface area contributed by atoms with Crippen molar-refractivity contribution in [2.24, 2.45) is 0 Å². The van der Waals surface area contributed by atoms with Crippen LogP contribution < -0.4 is 9.80 Å². The number of halogens is 8. The molecule has 0 aromatic heterocycles. The van der Waals surface area contributed by atoms with Gasteiger partial charge in [-0.25, -0.2) is 9.80 Å². The molecular formula is C31H10Br8N2O5. The Balaban J connectivity index is 1.27. The van der Waals surface area contributed by atoms with E-state index >= 15 is 0 Å². The summed E-state index contributed by atoms with van der Waals surface area (Å²) in [6, 6.07) is 12.9. The number of carbonyl (C=O) groups excluding carboxylic acids is 5. The fourth-order valence-corrected chi connectivity index (χ4v) is 9.92. The van der Waals surface area contributed by atoms with E-state index in [1.165, 1.54) is 12.1 Å². The normalized spacial score (nSPS) is 14.2. The van der Waals surface area contributed by atoms with Crippen molar-refractivity contribution in [3.05, 3.63) is 124 Å². The summed E-state index contributed by atoms with van der Waals surface area (Å²) in [6.07, 6.45) is 2.90. The molecule has 7 nitrogen and oxygen atoms in total. The van der Waals surface area contributed by atoms with Gasteiger partial charge in [0.1, 0.15) is 0 Å². The Morgan fingerprint density at radius 2 is 0.870 bits per heavy atom. The van der Waals surface area contributed by atoms with Crippen molar-refractivity contribution < 1.29 is 24.0 Å². The molecule has 46 heavy (non-hydrogen) atoms. The Morgan fingerprint density at radius 3 is 1.28 bits per heavy atom. The Bertz CT molecular complexity index is 2070. The zero-order valence-electron chi connectivity index (χ0n) is 22.2. The molecule has 0 N–H and O–H groups in total. The third-order valence-electron chi connectivity index (χ3n) is 7.15. The molecule has 0 spiro atoms. The minimum absolute atomic E-state index is 0.196. The first-order valence-electron chi connectivity index (χ1n) is 12.7. The van der Waals surface area contributed by atoms with Crippen LogP contribution in [0.15, 0.2) is 90.4 Å². The first kappa shape index (κ1) is 34.3. The predicted molar refractivity (Wildman–Crippen MR) is 203 cm³/mol. The smallest absolute Gasteiger partial charge is 0.267 e. The van der Waals surface area contributed by atoms with Crippen LogP contribution in [0.25, 0.3) is 6.08 Å². The van der Waals surface area contributed by atoms with Crippen LogP contribution in [-0.2, 0) is 0 Å². The molecule has 0 unspecified atom stereocenters. The molecule has 4 aromatic rings. The molecule has 6 rings (SSSR count). The van der Waals surface area contributed by atoms with Gasteiger partial charge in [0.05, 0.1) is 33.6 Å². The van der Waals surface area contributed by atoms with Gasteiger partial charge in [0.2, 0.25) is 0 Å². The van der Waals surface area contributed by atoms with Gasteiger partial charge in [-0.05, 0) is 163 Å². The molecule has 0 saturated heterocycles. The lowest BCUT2D eigenvalue weighted by molar-refractivity contribution is 0.0910. The lowest BCUT2D eigenvalue weighted by Crippen LogP contribution is -2.29. The molecule has 0 fully saturated rings. The zero-order valence-corrected chi connectivity index (χ0v) is 34.9. The number of anilines is 2. The number of rotatable bonds is 5. The Morgan fingerprint density at radius 1 is 0.500 bits per heavy atom. The molecule has 230 valence electrons. The third-order valence-corrected chi connectivity index (χ3v) is 16.7. The summed E-state index contributed by atoms with van der Waals surface area (Å²) in [4.78, 5) is 69.1. The highest BCUT2D eigenvalue weighted by atomic mass is 79.9. The Hall–Kier alpha value is -1.59. The first-order valence-corrected chi connectivity index (χ1v) is 19.0. The topological polar surface area (TPSA) is 91.8 Å². The van der Waals surface area contributed by atoms with Gasteiger partial charge in [-0.15, -0.1) is 0 Å². The lowest BCUT2D eigenvalue weighted by atomic mass is 10.1. The minimum atomic E-state index is -0.537. The third kappa shape index (κ3) is 5.46. The van der Waals surface area contributed by atoms with Crippen LogP contribution in [0.5, 0.6) is 0 Å². The quantitative estimate of drug-likeness (QED) is 0.0653. The first-order chi connectivity index (χ1) is 21.8. The summed E-state index contributed by atoms with van der Waals surface area (Å²) in [7, 11) is 0. The summed E-state index contributed by atoms with van der Waals surface area (Å²) in [5.74, 6) is -2.46. The highest BCUT2D eigenvalue weighted by Crippen LogP contribution is 2.47. The molecule has 2 aliphatic rings. The number of carbonyl (C=O) groups is 5. The number of allylic oxidation sites excluding steroid dienone is 1. The maximum absolute atomic E-state index is 13.4. The van der Waals surface area contributed by atoms with Crippen LogP contribution in [0.2, 0.25) is 0 Å². The van der Waals surface area contributed by atoms with Gasteiger partial charge in [0, 0.05) is 41.3 Å². The van der Waals surface area contributed by atoms with Crippen LogP contribution >= 0.6 is 127 Å². The van der Waals surface area contributed by atoms with Gasteiger partial charge >= 0.3 is 0 Å². The van der Waals surface area contributed by atoms with Crippen LogP contribution in [0.1, 0.15) is 57.4 Å². The van der Waals surface area contributed by atoms with E-state index in [-0.39, 0.29) is 39.3 Å². The van der Waals surface area contributed by atoms with E-state index < -0.39 is 23.6 Å². The molecule has 0 saturated carbocycles. The SMILES string of the molecule is O=C(/C=C/c1cccc(N2C(=O)c3c(Br)c(Br)c(Br)c(Br)c3C2=O)c1)c1cccc(N2C(=O)c3c(Br)c(Br)c(Br)c(Br)c3C2=O)c1. The molecule has 2 heterocycles. The standard InChI is InChI=1S/C31H10Br8N2O5/c32-20-16-17(21(33)25(37)24(20)36)29(44)40(28(16)43)13-5-1-3-11(9-13)7-8-15(42)12-4-2-6-14(10-12)41-30(45)18-19(31(41)46)23(35)27(39)26(38)22(18)34/h1-10H/b8-7+. The van der Waals surface area contributed by atoms with E-state index in [0.717, 1.165) is 9.80 Å². The van der Waals surface area contributed by atoms with Gasteiger partial charge in [-0.2, -0.15) is 0 Å². The molecule has 4 amide bonds. The largest absolute Gasteiger partial charge is 0.289 e. The monoisotopic (exact) mass is 1120 g/mol. The summed E-state index contributed by atoms with van der Waals surface area (Å²) in [5.41, 5.74) is 2.21. The number of ketones is 1.